The highest BCUT2D eigenvalue weighted by molar-refractivity contribution is 5.77. The molecule has 2 unspecified atom stereocenters. The predicted molar refractivity (Wildman–Crippen MR) is 139 cm³/mol. The van der Waals surface area contributed by atoms with Crippen LogP contribution in [-0.4, -0.2) is 51.9 Å². The average molecular weight is 497 g/mol. The van der Waals surface area contributed by atoms with Gasteiger partial charge in [-0.2, -0.15) is 0 Å². The smallest absolute Gasteiger partial charge is 0.407 e. The van der Waals surface area contributed by atoms with E-state index in [4.69, 9.17) is 9.47 Å². The van der Waals surface area contributed by atoms with Crippen LogP contribution in [0.2, 0.25) is 0 Å². The lowest BCUT2D eigenvalue weighted by atomic mass is 9.95. The second-order valence-corrected chi connectivity index (χ2v) is 10.9. The Morgan fingerprint density at radius 1 is 1.03 bits per heavy atom. The van der Waals surface area contributed by atoms with E-state index in [2.05, 4.69) is 5.32 Å². The number of nitrogens with one attached hydrogen (secondary N) is 1. The van der Waals surface area contributed by atoms with Gasteiger partial charge in [-0.25, -0.2) is 4.79 Å². The van der Waals surface area contributed by atoms with E-state index in [0.717, 1.165) is 11.1 Å². The normalized spacial score (nSPS) is 21.2. The van der Waals surface area contributed by atoms with E-state index in [9.17, 15) is 14.7 Å². The average Bonchev–Trinajstić information content (AvgIpc) is 3.15. The van der Waals surface area contributed by atoms with E-state index in [-0.39, 0.29) is 18.5 Å². The molecule has 0 radical (unpaired) electrons. The molecular weight excluding hydrogens is 456 g/mol. The Hall–Kier alpha value is -2.90. The number of hydrogen-bond donors (Lipinski definition) is 2. The summed E-state index contributed by atoms with van der Waals surface area (Å²) in [7, 11) is 0. The number of ether oxygens (including phenoxy) is 2. The maximum absolute atomic E-state index is 13.3. The molecule has 36 heavy (non-hydrogen) atoms. The lowest BCUT2D eigenvalue weighted by molar-refractivity contribution is -0.161. The number of esters is 1. The zero-order chi connectivity index (χ0) is 26.3. The van der Waals surface area contributed by atoms with Gasteiger partial charge in [0.05, 0.1) is 18.2 Å². The van der Waals surface area contributed by atoms with Crippen molar-refractivity contribution in [3.63, 3.8) is 0 Å². The van der Waals surface area contributed by atoms with Crippen molar-refractivity contribution in [2.45, 2.75) is 90.4 Å². The summed E-state index contributed by atoms with van der Waals surface area (Å²) >= 11 is 0. The van der Waals surface area contributed by atoms with Crippen LogP contribution in [0.5, 0.6) is 0 Å². The van der Waals surface area contributed by atoms with Gasteiger partial charge in [-0.3, -0.25) is 9.69 Å². The van der Waals surface area contributed by atoms with Gasteiger partial charge in [-0.15, -0.1) is 0 Å². The first-order valence-electron chi connectivity index (χ1n) is 12.7. The Morgan fingerprint density at radius 3 is 2.17 bits per heavy atom. The van der Waals surface area contributed by atoms with Crippen LogP contribution < -0.4 is 5.32 Å². The summed E-state index contributed by atoms with van der Waals surface area (Å²) in [5.41, 5.74) is 1.25. The third-order valence-electron chi connectivity index (χ3n) is 6.18. The third-order valence-corrected chi connectivity index (χ3v) is 6.18. The zero-order valence-electron chi connectivity index (χ0n) is 22.0. The fourth-order valence-electron chi connectivity index (χ4n) is 4.74. The lowest BCUT2D eigenvalue weighted by Crippen LogP contribution is -2.53. The minimum Gasteiger partial charge on any atom is -0.459 e. The summed E-state index contributed by atoms with van der Waals surface area (Å²) in [5.74, 6) is -0.119. The first-order valence-corrected chi connectivity index (χ1v) is 12.7. The molecule has 2 N–H and O–H groups in total. The van der Waals surface area contributed by atoms with Crippen LogP contribution in [0.4, 0.5) is 4.79 Å². The van der Waals surface area contributed by atoms with Crippen molar-refractivity contribution >= 4 is 12.1 Å². The molecule has 7 heteroatoms. The summed E-state index contributed by atoms with van der Waals surface area (Å²) in [5, 5.41) is 14.3. The van der Waals surface area contributed by atoms with Crippen LogP contribution in [0.15, 0.2) is 60.7 Å². The van der Waals surface area contributed by atoms with Gasteiger partial charge in [0.25, 0.3) is 0 Å². The molecule has 1 aliphatic heterocycles. The zero-order valence-corrected chi connectivity index (χ0v) is 22.0. The van der Waals surface area contributed by atoms with Crippen LogP contribution in [0.3, 0.4) is 0 Å². The highest BCUT2D eigenvalue weighted by Gasteiger charge is 2.49. The van der Waals surface area contributed by atoms with E-state index in [1.807, 2.05) is 100 Å². The minimum absolute atomic E-state index is 0.141. The summed E-state index contributed by atoms with van der Waals surface area (Å²) in [6, 6.07) is 17.7. The molecule has 0 spiro atoms. The van der Waals surface area contributed by atoms with Gasteiger partial charge in [0.2, 0.25) is 0 Å². The van der Waals surface area contributed by atoms with Crippen molar-refractivity contribution in [3.05, 3.63) is 71.8 Å². The predicted octanol–water partition coefficient (Wildman–Crippen LogP) is 4.67. The molecule has 2 aromatic carbocycles. The Morgan fingerprint density at radius 2 is 1.61 bits per heavy atom. The van der Waals surface area contributed by atoms with Gasteiger partial charge in [-0.05, 0) is 50.7 Å². The first-order chi connectivity index (χ1) is 17.0. The van der Waals surface area contributed by atoms with E-state index in [0.29, 0.717) is 19.4 Å². The van der Waals surface area contributed by atoms with Crippen LogP contribution >= 0.6 is 0 Å². The molecule has 1 heterocycles. The second-order valence-electron chi connectivity index (χ2n) is 10.9. The number of aliphatic hydroxyl groups is 1. The fraction of sp³-hybridized carbons (Fsp3) is 0.517. The Balaban J connectivity index is 1.85. The molecule has 1 saturated heterocycles. The number of carbonyl (C=O) groups excluding carboxylic acids is 2. The van der Waals surface area contributed by atoms with Crippen LogP contribution in [0.25, 0.3) is 0 Å². The molecule has 1 fully saturated rings. The number of alkyl carbamates (subject to hydrolysis) is 1. The van der Waals surface area contributed by atoms with Crippen molar-refractivity contribution in [2.24, 2.45) is 5.92 Å². The van der Waals surface area contributed by atoms with Crippen molar-refractivity contribution in [1.29, 1.82) is 0 Å². The Bertz CT molecular complexity index is 974. The summed E-state index contributed by atoms with van der Waals surface area (Å²) < 4.78 is 11.2. The van der Waals surface area contributed by atoms with E-state index < -0.39 is 35.9 Å². The van der Waals surface area contributed by atoms with E-state index in [1.165, 1.54) is 0 Å². The van der Waals surface area contributed by atoms with Crippen LogP contribution in [-0.2, 0) is 27.4 Å². The summed E-state index contributed by atoms with van der Waals surface area (Å²) in [6.45, 7) is 10.2. The van der Waals surface area contributed by atoms with Crippen molar-refractivity contribution in [2.75, 3.05) is 0 Å². The Kier molecular flexibility index (Phi) is 9.51. The summed E-state index contributed by atoms with van der Waals surface area (Å²) in [4.78, 5) is 28.1. The summed E-state index contributed by atoms with van der Waals surface area (Å²) in [6.07, 6.45) is -0.466. The van der Waals surface area contributed by atoms with Gasteiger partial charge in [0, 0.05) is 6.54 Å². The lowest BCUT2D eigenvalue weighted by Gasteiger charge is -2.35. The standard InChI is InChI=1S/C29H40N2O5/c1-20(2)16-25(32)26-23(30-28(34)35-19-22-14-10-7-11-15-22)17-24(27(33)36-29(3,4)5)31(26)18-21-12-8-6-9-13-21/h6-15,20,23-26,32H,16-19H2,1-5H3,(H,30,34)/t23?,24-,25?,26-/m1/s1. The SMILES string of the molecule is CC(C)CC(O)[C@H]1C(NC(=O)OCc2ccccc2)C[C@H](C(=O)OC(C)(C)C)N1Cc1ccccc1. The third kappa shape index (κ3) is 8.07. The molecule has 1 aliphatic rings. The van der Waals surface area contributed by atoms with Gasteiger partial charge in [0.1, 0.15) is 18.2 Å². The number of benzene rings is 2. The molecule has 196 valence electrons. The highest BCUT2D eigenvalue weighted by atomic mass is 16.6. The number of hydrogen-bond acceptors (Lipinski definition) is 6. The molecule has 4 atom stereocenters. The molecular formula is C29H40N2O5. The molecule has 0 aromatic heterocycles. The number of nitrogens with zero attached hydrogens (tertiary/aromatic N) is 1. The van der Waals surface area contributed by atoms with Gasteiger partial charge < -0.3 is 19.9 Å². The quantitative estimate of drug-likeness (QED) is 0.491. The monoisotopic (exact) mass is 496 g/mol. The largest absolute Gasteiger partial charge is 0.459 e. The number of likely N-dealkylation sites (tertiary alicyclic amines) is 1. The maximum Gasteiger partial charge on any atom is 0.407 e. The molecule has 7 nitrogen and oxygen atoms in total. The van der Waals surface area contributed by atoms with Crippen LogP contribution in [0, 0.1) is 5.92 Å². The van der Waals surface area contributed by atoms with Gasteiger partial charge >= 0.3 is 12.1 Å². The number of carbonyl (C=O) groups is 2. The number of rotatable bonds is 9. The molecule has 0 bridgehead atoms. The second kappa shape index (κ2) is 12.4. The number of aliphatic hydroxyl groups excluding tert-OH is 1. The minimum atomic E-state index is -0.749. The fourth-order valence-corrected chi connectivity index (χ4v) is 4.74. The Labute approximate surface area is 214 Å². The number of amides is 1. The highest BCUT2D eigenvalue weighted by Crippen LogP contribution is 2.33. The molecule has 3 rings (SSSR count). The molecule has 0 aliphatic carbocycles. The van der Waals surface area contributed by atoms with E-state index in [1.54, 1.807) is 0 Å². The van der Waals surface area contributed by atoms with E-state index >= 15 is 0 Å². The van der Waals surface area contributed by atoms with Gasteiger partial charge in [-0.1, -0.05) is 74.5 Å². The van der Waals surface area contributed by atoms with Crippen molar-refractivity contribution in [3.8, 4) is 0 Å². The molecule has 2 aromatic rings. The van der Waals surface area contributed by atoms with Crippen molar-refractivity contribution in [1.82, 2.24) is 10.2 Å². The van der Waals surface area contributed by atoms with Crippen LogP contribution in [0.1, 0.15) is 58.6 Å². The maximum atomic E-state index is 13.3. The molecule has 1 amide bonds. The topological polar surface area (TPSA) is 88.1 Å². The molecule has 0 saturated carbocycles. The van der Waals surface area contributed by atoms with Crippen molar-refractivity contribution < 1.29 is 24.2 Å². The van der Waals surface area contributed by atoms with Gasteiger partial charge in [0.15, 0.2) is 0 Å². The first kappa shape index (κ1) is 27.7.